The van der Waals surface area contributed by atoms with Crippen molar-refractivity contribution in [2.75, 3.05) is 12.4 Å². The van der Waals surface area contributed by atoms with Crippen molar-refractivity contribution in [3.05, 3.63) is 78.1 Å². The van der Waals surface area contributed by atoms with Crippen molar-refractivity contribution < 1.29 is 4.74 Å². The Morgan fingerprint density at radius 3 is 2.32 bits per heavy atom. The van der Waals surface area contributed by atoms with Crippen molar-refractivity contribution in [3.63, 3.8) is 0 Å². The van der Waals surface area contributed by atoms with E-state index in [9.17, 15) is 0 Å². The van der Waals surface area contributed by atoms with E-state index in [4.69, 9.17) is 4.74 Å². The fourth-order valence-corrected chi connectivity index (χ4v) is 4.18. The number of thioether (sulfide) groups is 2. The molecule has 0 aliphatic heterocycles. The number of hydrogen-bond acceptors (Lipinski definition) is 5. The Kier molecular flexibility index (Phi) is 7.62. The first-order valence-electron chi connectivity index (χ1n) is 9.20. The largest absolute Gasteiger partial charge is 0.493 e. The minimum atomic E-state index is 0.627. The second-order valence-electron chi connectivity index (χ2n) is 6.41. The van der Waals surface area contributed by atoms with E-state index in [1.54, 1.807) is 23.5 Å². The van der Waals surface area contributed by atoms with Gasteiger partial charge in [-0.2, -0.15) is 0 Å². The quantitative estimate of drug-likeness (QED) is 0.249. The highest BCUT2D eigenvalue weighted by molar-refractivity contribution is 7.99. The van der Waals surface area contributed by atoms with E-state index in [2.05, 4.69) is 71.6 Å². The van der Waals surface area contributed by atoms with E-state index in [1.165, 1.54) is 16.0 Å². The molecule has 28 heavy (non-hydrogen) atoms. The van der Waals surface area contributed by atoms with E-state index in [1.807, 2.05) is 18.2 Å². The van der Waals surface area contributed by atoms with Crippen LogP contribution in [0.15, 0.2) is 71.2 Å². The number of aryl methyl sites for hydroxylation is 2. The molecule has 3 aromatic rings. The van der Waals surface area contributed by atoms with E-state index in [0.29, 0.717) is 13.2 Å². The lowest BCUT2D eigenvalue weighted by Crippen LogP contribution is -2.05. The molecule has 0 saturated carbocycles. The molecule has 1 heterocycles. The van der Waals surface area contributed by atoms with Crippen molar-refractivity contribution in [2.24, 2.45) is 0 Å². The molecule has 0 fully saturated rings. The van der Waals surface area contributed by atoms with E-state index in [0.717, 1.165) is 28.2 Å². The molecule has 1 aromatic heterocycles. The lowest BCUT2D eigenvalue weighted by atomic mass is 10.2. The first kappa shape index (κ1) is 20.6. The van der Waals surface area contributed by atoms with Crippen molar-refractivity contribution in [3.8, 4) is 5.75 Å². The third-order valence-corrected chi connectivity index (χ3v) is 6.04. The highest BCUT2D eigenvalue weighted by Crippen LogP contribution is 2.25. The first-order valence-corrected chi connectivity index (χ1v) is 11.2. The second kappa shape index (κ2) is 10.4. The zero-order chi connectivity index (χ0) is 19.8. The Labute approximate surface area is 175 Å². The maximum Gasteiger partial charge on any atom is 0.191 e. The van der Waals surface area contributed by atoms with Gasteiger partial charge in [0.05, 0.1) is 12.4 Å². The molecule has 0 spiro atoms. The zero-order valence-electron chi connectivity index (χ0n) is 16.3. The smallest absolute Gasteiger partial charge is 0.191 e. The second-order valence-corrected chi connectivity index (χ2v) is 8.52. The van der Waals surface area contributed by atoms with Crippen LogP contribution in [0.3, 0.4) is 0 Å². The van der Waals surface area contributed by atoms with Crippen LogP contribution in [0.4, 0.5) is 0 Å². The summed E-state index contributed by atoms with van der Waals surface area (Å²) in [5.41, 5.74) is 2.50. The summed E-state index contributed by atoms with van der Waals surface area (Å²) in [4.78, 5) is 1.24. The Hall–Kier alpha value is -2.18. The van der Waals surface area contributed by atoms with E-state index in [-0.39, 0.29) is 0 Å². The average molecular weight is 412 g/mol. The topological polar surface area (TPSA) is 39.9 Å². The van der Waals surface area contributed by atoms with Gasteiger partial charge in [0.25, 0.3) is 0 Å². The fraction of sp³-hybridized carbons (Fsp3) is 0.273. The number of benzene rings is 2. The summed E-state index contributed by atoms with van der Waals surface area (Å²) in [6, 6.07) is 16.7. The lowest BCUT2D eigenvalue weighted by molar-refractivity contribution is 0.343. The summed E-state index contributed by atoms with van der Waals surface area (Å²) in [7, 11) is 0. The molecule has 2 aromatic carbocycles. The monoisotopic (exact) mass is 411 g/mol. The number of allylic oxidation sites excluding steroid dienone is 1. The summed E-state index contributed by atoms with van der Waals surface area (Å²) < 4.78 is 7.93. The first-order chi connectivity index (χ1) is 13.7. The van der Waals surface area contributed by atoms with Gasteiger partial charge < -0.3 is 9.30 Å². The van der Waals surface area contributed by atoms with Crippen LogP contribution in [0.25, 0.3) is 0 Å². The van der Waals surface area contributed by atoms with Gasteiger partial charge in [-0.15, -0.1) is 28.5 Å². The normalized spacial score (nSPS) is 10.8. The van der Waals surface area contributed by atoms with Gasteiger partial charge in [0.1, 0.15) is 11.6 Å². The summed E-state index contributed by atoms with van der Waals surface area (Å²) in [6.45, 7) is 9.37. The van der Waals surface area contributed by atoms with Gasteiger partial charge in [0.2, 0.25) is 0 Å². The van der Waals surface area contributed by atoms with Crippen LogP contribution >= 0.6 is 23.5 Å². The van der Waals surface area contributed by atoms with Gasteiger partial charge in [-0.05, 0) is 38.1 Å². The standard InChI is InChI=1S/C22H25N3OS2/c1-4-13-25-21(16-28-20-11-7-18(3)8-12-20)23-24-22(25)27-15-14-26-19-9-5-17(2)6-10-19/h4-12H,1,13-16H2,2-3H3. The molecule has 3 rings (SSSR count). The minimum absolute atomic E-state index is 0.627. The van der Waals surface area contributed by atoms with Crippen LogP contribution < -0.4 is 4.74 Å². The average Bonchev–Trinajstić information content (AvgIpc) is 3.08. The van der Waals surface area contributed by atoms with Crippen molar-refractivity contribution >= 4 is 23.5 Å². The molecular formula is C22H25N3OS2. The summed E-state index contributed by atoms with van der Waals surface area (Å²) in [5, 5.41) is 9.68. The molecule has 146 valence electrons. The molecule has 0 saturated heterocycles. The Morgan fingerprint density at radius 2 is 1.64 bits per heavy atom. The van der Waals surface area contributed by atoms with Gasteiger partial charge in [-0.3, -0.25) is 0 Å². The molecule has 0 aliphatic carbocycles. The van der Waals surface area contributed by atoms with Crippen LogP contribution in [-0.2, 0) is 12.3 Å². The predicted molar refractivity (Wildman–Crippen MR) is 118 cm³/mol. The Bertz CT molecular complexity index is 889. The lowest BCUT2D eigenvalue weighted by Gasteiger charge is -2.09. The fourth-order valence-electron chi connectivity index (χ4n) is 2.55. The summed E-state index contributed by atoms with van der Waals surface area (Å²) in [6.07, 6.45) is 1.89. The maximum atomic E-state index is 5.80. The predicted octanol–water partition coefficient (Wildman–Crippen LogP) is 5.54. The molecule has 0 unspecified atom stereocenters. The number of aromatic nitrogens is 3. The maximum absolute atomic E-state index is 5.80. The van der Waals surface area contributed by atoms with Crippen LogP contribution in [0, 0.1) is 13.8 Å². The molecule has 0 bridgehead atoms. The molecule has 4 nitrogen and oxygen atoms in total. The molecule has 6 heteroatoms. The van der Waals surface area contributed by atoms with E-state index >= 15 is 0 Å². The van der Waals surface area contributed by atoms with Gasteiger partial charge in [0.15, 0.2) is 5.16 Å². The van der Waals surface area contributed by atoms with Crippen LogP contribution in [0.1, 0.15) is 17.0 Å². The van der Waals surface area contributed by atoms with Crippen molar-refractivity contribution in [2.45, 2.75) is 36.2 Å². The Morgan fingerprint density at radius 1 is 0.964 bits per heavy atom. The molecule has 0 radical (unpaired) electrons. The number of nitrogens with zero attached hydrogens (tertiary/aromatic N) is 3. The number of rotatable bonds is 10. The number of hydrogen-bond donors (Lipinski definition) is 0. The van der Waals surface area contributed by atoms with Gasteiger partial charge in [-0.25, -0.2) is 0 Å². The number of ether oxygens (including phenoxy) is 1. The van der Waals surface area contributed by atoms with Crippen molar-refractivity contribution in [1.29, 1.82) is 0 Å². The van der Waals surface area contributed by atoms with Crippen LogP contribution in [0.2, 0.25) is 0 Å². The molecule has 0 N–H and O–H groups in total. The van der Waals surface area contributed by atoms with Crippen LogP contribution in [-0.4, -0.2) is 27.1 Å². The van der Waals surface area contributed by atoms with Gasteiger partial charge in [-0.1, -0.05) is 53.2 Å². The van der Waals surface area contributed by atoms with Gasteiger partial charge >= 0.3 is 0 Å². The SMILES string of the molecule is C=CCn1c(CSc2ccc(C)cc2)nnc1SCCOc1ccc(C)cc1. The molecule has 0 amide bonds. The highest BCUT2D eigenvalue weighted by Gasteiger charge is 2.12. The third-order valence-electron chi connectivity index (χ3n) is 4.10. The highest BCUT2D eigenvalue weighted by atomic mass is 32.2. The van der Waals surface area contributed by atoms with Gasteiger partial charge in [0, 0.05) is 17.2 Å². The molecular weight excluding hydrogens is 386 g/mol. The Balaban J connectivity index is 1.54. The molecule has 0 aliphatic rings. The molecule has 0 atom stereocenters. The van der Waals surface area contributed by atoms with Crippen LogP contribution in [0.5, 0.6) is 5.75 Å². The van der Waals surface area contributed by atoms with Crippen molar-refractivity contribution in [1.82, 2.24) is 14.8 Å². The van der Waals surface area contributed by atoms with E-state index < -0.39 is 0 Å². The summed E-state index contributed by atoms with van der Waals surface area (Å²) >= 11 is 3.43. The minimum Gasteiger partial charge on any atom is -0.493 e. The summed E-state index contributed by atoms with van der Waals surface area (Å²) in [5.74, 6) is 3.46. The third kappa shape index (κ3) is 5.91. The zero-order valence-corrected chi connectivity index (χ0v) is 17.9.